The number of carbonyl (C=O) groups excluding carboxylic acids is 3. The highest BCUT2D eigenvalue weighted by Crippen LogP contribution is 2.27. The molecular formula is C28H40N2O5. The minimum Gasteiger partial charge on any atom is -0.450 e. The fraction of sp³-hybridized carbons (Fsp3) is 0.536. The van der Waals surface area contributed by atoms with Crippen molar-refractivity contribution in [2.75, 3.05) is 13.2 Å². The van der Waals surface area contributed by atoms with Crippen LogP contribution in [0.15, 0.2) is 43.5 Å². The highest BCUT2D eigenvalue weighted by molar-refractivity contribution is 5.88. The molecule has 2 amide bonds. The van der Waals surface area contributed by atoms with Crippen molar-refractivity contribution >= 4 is 24.4 Å². The van der Waals surface area contributed by atoms with Gasteiger partial charge in [-0.1, -0.05) is 63.8 Å². The van der Waals surface area contributed by atoms with Crippen LogP contribution in [0.1, 0.15) is 64.0 Å². The van der Waals surface area contributed by atoms with Crippen LogP contribution < -0.4 is 5.32 Å². The van der Waals surface area contributed by atoms with E-state index >= 15 is 0 Å². The molecule has 1 saturated heterocycles. The third-order valence-electron chi connectivity index (χ3n) is 6.16. The average Bonchev–Trinajstić information content (AvgIpc) is 3.26. The van der Waals surface area contributed by atoms with Crippen molar-refractivity contribution in [1.82, 2.24) is 10.2 Å². The van der Waals surface area contributed by atoms with Crippen molar-refractivity contribution in [2.45, 2.75) is 77.7 Å². The Morgan fingerprint density at radius 2 is 1.94 bits per heavy atom. The van der Waals surface area contributed by atoms with Gasteiger partial charge in [0.15, 0.2) is 0 Å². The Labute approximate surface area is 209 Å². The highest BCUT2D eigenvalue weighted by atomic mass is 16.5. The van der Waals surface area contributed by atoms with E-state index in [9.17, 15) is 14.4 Å². The lowest BCUT2D eigenvalue weighted by molar-refractivity contribution is -0.139. The lowest BCUT2D eigenvalue weighted by atomic mass is 9.85. The van der Waals surface area contributed by atoms with Crippen LogP contribution in [0.25, 0.3) is 6.08 Å². The molecule has 1 aliphatic rings. The predicted molar refractivity (Wildman–Crippen MR) is 138 cm³/mol. The number of carbonyl (C=O) groups is 3. The SMILES string of the molecule is C=CCCCCCOC(=O)N[C@H](C(=O)N1C[C@H](OCc2ccccc2C=C)C[C@H]1C=O)C(C)(C)C. The Hall–Kier alpha value is -2.93. The highest BCUT2D eigenvalue weighted by Gasteiger charge is 2.42. The Morgan fingerprint density at radius 3 is 2.60 bits per heavy atom. The standard InChI is InChI=1S/C28H40N2O5/c1-6-8-9-10-13-16-34-27(33)29-25(28(3,4)5)26(32)30-18-24(17-23(30)19-31)35-20-22-15-12-11-14-21(22)7-2/h6-7,11-12,14-15,19,23-25H,1-2,8-10,13,16-18,20H2,3-5H3,(H,29,33)/t23-,24+,25+/m0/s1. The van der Waals surface area contributed by atoms with Gasteiger partial charge in [0.25, 0.3) is 0 Å². The lowest BCUT2D eigenvalue weighted by Gasteiger charge is -2.34. The van der Waals surface area contributed by atoms with E-state index in [1.807, 2.05) is 51.1 Å². The first-order chi connectivity index (χ1) is 16.7. The van der Waals surface area contributed by atoms with Crippen LogP contribution in [0.3, 0.4) is 0 Å². The quantitative estimate of drug-likeness (QED) is 0.244. The number of alkyl carbamates (subject to hydrolysis) is 1. The fourth-order valence-electron chi connectivity index (χ4n) is 4.11. The first kappa shape index (κ1) is 28.3. The monoisotopic (exact) mass is 484 g/mol. The van der Waals surface area contributed by atoms with Gasteiger partial charge in [-0.2, -0.15) is 0 Å². The number of rotatable bonds is 13. The molecule has 0 radical (unpaired) electrons. The van der Waals surface area contributed by atoms with Gasteiger partial charge in [-0.15, -0.1) is 6.58 Å². The normalized spacial score (nSPS) is 18.5. The van der Waals surface area contributed by atoms with E-state index in [1.165, 1.54) is 4.90 Å². The Bertz CT molecular complexity index is 876. The molecule has 0 saturated carbocycles. The first-order valence-corrected chi connectivity index (χ1v) is 12.3. The summed E-state index contributed by atoms with van der Waals surface area (Å²) in [5.74, 6) is -0.310. The summed E-state index contributed by atoms with van der Waals surface area (Å²) in [5.41, 5.74) is 1.41. The van der Waals surface area contributed by atoms with Crippen LogP contribution in [-0.4, -0.2) is 54.5 Å². The second-order valence-electron chi connectivity index (χ2n) is 9.98. The molecular weight excluding hydrogens is 444 g/mol. The number of benzene rings is 1. The zero-order chi connectivity index (χ0) is 25.8. The molecule has 1 fully saturated rings. The summed E-state index contributed by atoms with van der Waals surface area (Å²) in [6.07, 6.45) is 7.56. The van der Waals surface area contributed by atoms with Crippen LogP contribution in [-0.2, 0) is 25.7 Å². The number of unbranched alkanes of at least 4 members (excludes halogenated alkanes) is 3. The summed E-state index contributed by atoms with van der Waals surface area (Å²) in [6, 6.07) is 6.37. The number of hydrogen-bond acceptors (Lipinski definition) is 5. The first-order valence-electron chi connectivity index (χ1n) is 12.3. The van der Waals surface area contributed by atoms with E-state index in [1.54, 1.807) is 6.08 Å². The molecule has 1 heterocycles. The average molecular weight is 485 g/mol. The number of nitrogens with one attached hydrogen (secondary N) is 1. The maximum Gasteiger partial charge on any atom is 0.407 e. The zero-order valence-corrected chi connectivity index (χ0v) is 21.3. The second kappa shape index (κ2) is 13.8. The second-order valence-corrected chi connectivity index (χ2v) is 9.98. The van der Waals surface area contributed by atoms with Gasteiger partial charge < -0.3 is 24.5 Å². The molecule has 0 bridgehead atoms. The predicted octanol–water partition coefficient (Wildman–Crippen LogP) is 4.90. The van der Waals surface area contributed by atoms with Crippen molar-refractivity contribution in [3.8, 4) is 0 Å². The maximum atomic E-state index is 13.5. The summed E-state index contributed by atoms with van der Waals surface area (Å²) >= 11 is 0. The van der Waals surface area contributed by atoms with Gasteiger partial charge in [0.2, 0.25) is 5.91 Å². The molecule has 1 aliphatic heterocycles. The molecule has 0 aromatic heterocycles. The van der Waals surface area contributed by atoms with Crippen LogP contribution >= 0.6 is 0 Å². The zero-order valence-electron chi connectivity index (χ0n) is 21.3. The molecule has 1 aromatic rings. The van der Waals surface area contributed by atoms with Gasteiger partial charge in [-0.3, -0.25) is 4.79 Å². The summed E-state index contributed by atoms with van der Waals surface area (Å²) < 4.78 is 11.4. The third-order valence-corrected chi connectivity index (χ3v) is 6.16. The van der Waals surface area contributed by atoms with Crippen molar-refractivity contribution in [3.05, 3.63) is 54.6 Å². The minimum absolute atomic E-state index is 0.282. The number of hydrogen-bond donors (Lipinski definition) is 1. The number of aldehydes is 1. The number of amides is 2. The Kier molecular flexibility index (Phi) is 11.2. The summed E-state index contributed by atoms with van der Waals surface area (Å²) in [4.78, 5) is 39.2. The fourth-order valence-corrected chi connectivity index (χ4v) is 4.11. The van der Waals surface area contributed by atoms with Gasteiger partial charge >= 0.3 is 6.09 Å². The van der Waals surface area contributed by atoms with Gasteiger partial charge in [-0.25, -0.2) is 4.79 Å². The van der Waals surface area contributed by atoms with Gasteiger partial charge in [-0.05, 0) is 42.2 Å². The summed E-state index contributed by atoms with van der Waals surface area (Å²) in [5, 5.41) is 2.73. The molecule has 2 rings (SSSR count). The van der Waals surface area contributed by atoms with E-state index in [-0.39, 0.29) is 25.2 Å². The van der Waals surface area contributed by atoms with Crippen LogP contribution in [0, 0.1) is 5.41 Å². The Balaban J connectivity index is 1.98. The van der Waals surface area contributed by atoms with E-state index in [2.05, 4.69) is 18.5 Å². The van der Waals surface area contributed by atoms with Crippen molar-refractivity contribution in [1.29, 1.82) is 0 Å². The number of allylic oxidation sites excluding steroid dienone is 1. The lowest BCUT2D eigenvalue weighted by Crippen LogP contribution is -2.56. The third kappa shape index (κ3) is 8.66. The van der Waals surface area contributed by atoms with E-state index in [0.717, 1.165) is 43.1 Å². The molecule has 7 heteroatoms. The topological polar surface area (TPSA) is 84.9 Å². The smallest absolute Gasteiger partial charge is 0.407 e. The molecule has 192 valence electrons. The largest absolute Gasteiger partial charge is 0.450 e. The van der Waals surface area contributed by atoms with E-state index in [4.69, 9.17) is 9.47 Å². The van der Waals surface area contributed by atoms with Crippen LogP contribution in [0.5, 0.6) is 0 Å². The number of ether oxygens (including phenoxy) is 2. The summed E-state index contributed by atoms with van der Waals surface area (Å²) in [7, 11) is 0. The number of nitrogens with zero attached hydrogens (tertiary/aromatic N) is 1. The van der Waals surface area contributed by atoms with Crippen LogP contribution in [0.2, 0.25) is 0 Å². The summed E-state index contributed by atoms with van der Waals surface area (Å²) in [6.45, 7) is 14.1. The Morgan fingerprint density at radius 1 is 1.20 bits per heavy atom. The van der Waals surface area contributed by atoms with Crippen molar-refractivity contribution in [3.63, 3.8) is 0 Å². The van der Waals surface area contributed by atoms with E-state index < -0.39 is 23.6 Å². The molecule has 0 aliphatic carbocycles. The van der Waals surface area contributed by atoms with Crippen LogP contribution in [0.4, 0.5) is 4.79 Å². The molecule has 1 N–H and O–H groups in total. The molecule has 1 aromatic carbocycles. The maximum absolute atomic E-state index is 13.5. The molecule has 0 unspecified atom stereocenters. The van der Waals surface area contributed by atoms with Gasteiger partial charge in [0, 0.05) is 13.0 Å². The van der Waals surface area contributed by atoms with Gasteiger partial charge in [0.1, 0.15) is 12.3 Å². The minimum atomic E-state index is -0.835. The molecule has 3 atom stereocenters. The van der Waals surface area contributed by atoms with Crippen molar-refractivity contribution in [2.24, 2.45) is 5.41 Å². The van der Waals surface area contributed by atoms with E-state index in [0.29, 0.717) is 13.0 Å². The molecule has 7 nitrogen and oxygen atoms in total. The van der Waals surface area contributed by atoms with Gasteiger partial charge in [0.05, 0.1) is 25.4 Å². The van der Waals surface area contributed by atoms with Crippen molar-refractivity contribution < 1.29 is 23.9 Å². The molecule has 0 spiro atoms. The number of likely N-dealkylation sites (tertiary alicyclic amines) is 1. The molecule has 35 heavy (non-hydrogen) atoms.